The maximum absolute atomic E-state index is 12.9. The van der Waals surface area contributed by atoms with Gasteiger partial charge in [-0.05, 0) is 30.5 Å². The van der Waals surface area contributed by atoms with Gasteiger partial charge in [-0.3, -0.25) is 4.79 Å². The van der Waals surface area contributed by atoms with E-state index >= 15 is 0 Å². The number of nitrogens with zero attached hydrogens (tertiary/aromatic N) is 1. The fourth-order valence-electron chi connectivity index (χ4n) is 3.54. The van der Waals surface area contributed by atoms with E-state index in [1.54, 1.807) is 18.2 Å². The van der Waals surface area contributed by atoms with Gasteiger partial charge in [0, 0.05) is 12.5 Å². The Balaban J connectivity index is 1.63. The average molecular weight is 289 g/mol. The topological polar surface area (TPSA) is 29.5 Å². The van der Waals surface area contributed by atoms with Gasteiger partial charge in [-0.2, -0.15) is 0 Å². The molecule has 1 aliphatic carbocycles. The van der Waals surface area contributed by atoms with E-state index in [2.05, 4.69) is 6.58 Å². The Hall–Kier alpha value is -1.68. The van der Waals surface area contributed by atoms with Crippen molar-refractivity contribution >= 4 is 5.91 Å². The second kappa shape index (κ2) is 5.98. The van der Waals surface area contributed by atoms with Crippen LogP contribution in [-0.2, 0) is 16.0 Å². The molecule has 3 atom stereocenters. The molecule has 1 aromatic rings. The fourth-order valence-corrected chi connectivity index (χ4v) is 3.54. The first-order valence-electron chi connectivity index (χ1n) is 7.45. The Kier molecular flexibility index (Phi) is 4.06. The lowest BCUT2D eigenvalue weighted by Gasteiger charge is -2.27. The van der Waals surface area contributed by atoms with Crippen LogP contribution in [0.2, 0.25) is 0 Å². The van der Waals surface area contributed by atoms with Gasteiger partial charge in [-0.1, -0.05) is 18.2 Å². The number of piperidine rings is 1. The van der Waals surface area contributed by atoms with Crippen molar-refractivity contribution < 1.29 is 13.9 Å². The Morgan fingerprint density at radius 2 is 2.14 bits per heavy atom. The van der Waals surface area contributed by atoms with Crippen molar-refractivity contribution in [3.05, 3.63) is 48.3 Å². The monoisotopic (exact) mass is 289 g/mol. The van der Waals surface area contributed by atoms with Gasteiger partial charge in [-0.15, -0.1) is 6.58 Å². The summed E-state index contributed by atoms with van der Waals surface area (Å²) in [5.41, 5.74) is 0.854. The molecule has 112 valence electrons. The summed E-state index contributed by atoms with van der Waals surface area (Å²) in [5.74, 6) is 0.289. The molecule has 2 bridgehead atoms. The molecule has 1 aromatic carbocycles. The molecule has 21 heavy (non-hydrogen) atoms. The van der Waals surface area contributed by atoms with Crippen LogP contribution in [0.4, 0.5) is 4.39 Å². The number of carbonyl (C=O) groups is 1. The third kappa shape index (κ3) is 2.86. The summed E-state index contributed by atoms with van der Waals surface area (Å²) in [6.45, 7) is 5.00. The molecule has 1 saturated carbocycles. The van der Waals surface area contributed by atoms with Crippen molar-refractivity contribution in [3.8, 4) is 0 Å². The second-order valence-electron chi connectivity index (χ2n) is 5.84. The van der Waals surface area contributed by atoms with Crippen molar-refractivity contribution in [2.75, 3.05) is 13.2 Å². The molecule has 3 rings (SSSR count). The summed E-state index contributed by atoms with van der Waals surface area (Å²) >= 11 is 0. The largest absolute Gasteiger partial charge is 0.372 e. The van der Waals surface area contributed by atoms with Gasteiger partial charge in [0.05, 0.1) is 25.2 Å². The number of amides is 1. The van der Waals surface area contributed by atoms with E-state index < -0.39 is 0 Å². The van der Waals surface area contributed by atoms with E-state index in [0.29, 0.717) is 18.9 Å². The van der Waals surface area contributed by atoms with Crippen molar-refractivity contribution in [3.63, 3.8) is 0 Å². The number of hydrogen-bond acceptors (Lipinski definition) is 2. The van der Waals surface area contributed by atoms with E-state index in [1.807, 2.05) is 4.90 Å². The molecule has 1 amide bonds. The van der Waals surface area contributed by atoms with Gasteiger partial charge < -0.3 is 9.64 Å². The molecule has 1 saturated heterocycles. The zero-order valence-electron chi connectivity index (χ0n) is 12.0. The Bertz CT molecular complexity index is 528. The third-order valence-corrected chi connectivity index (χ3v) is 4.50. The van der Waals surface area contributed by atoms with Gasteiger partial charge in [0.1, 0.15) is 5.82 Å². The van der Waals surface area contributed by atoms with Crippen molar-refractivity contribution in [1.82, 2.24) is 4.90 Å². The molecule has 0 unspecified atom stereocenters. The van der Waals surface area contributed by atoms with Crippen LogP contribution >= 0.6 is 0 Å². The summed E-state index contributed by atoms with van der Waals surface area (Å²) in [6, 6.07) is 6.34. The van der Waals surface area contributed by atoms with Crippen molar-refractivity contribution in [2.24, 2.45) is 5.92 Å². The highest BCUT2D eigenvalue weighted by Crippen LogP contribution is 2.40. The summed E-state index contributed by atoms with van der Waals surface area (Å²) < 4.78 is 18.7. The van der Waals surface area contributed by atoms with E-state index in [9.17, 15) is 9.18 Å². The van der Waals surface area contributed by atoms with Crippen LogP contribution in [0.1, 0.15) is 18.4 Å². The van der Waals surface area contributed by atoms with Gasteiger partial charge >= 0.3 is 0 Å². The lowest BCUT2D eigenvalue weighted by atomic mass is 10.1. The minimum Gasteiger partial charge on any atom is -0.372 e. The van der Waals surface area contributed by atoms with E-state index in [0.717, 1.165) is 24.9 Å². The molecule has 0 aromatic heterocycles. The number of halogens is 1. The van der Waals surface area contributed by atoms with Crippen LogP contribution in [0.25, 0.3) is 0 Å². The van der Waals surface area contributed by atoms with Crippen LogP contribution in [-0.4, -0.2) is 36.1 Å². The normalized spacial score (nSPS) is 27.1. The third-order valence-electron chi connectivity index (χ3n) is 4.50. The standard InChI is InChI=1S/C17H20FNO2/c1-2-9-21-17-13-5-8-15(17)19(11-13)16(20)10-12-3-6-14(18)7-4-12/h2-4,6-7,13,15,17H,1,5,8-11H2/t13-,15+,17+/m0/s1. The predicted molar refractivity (Wildman–Crippen MR) is 78.3 cm³/mol. The Morgan fingerprint density at radius 3 is 2.86 bits per heavy atom. The number of benzene rings is 1. The Morgan fingerprint density at radius 1 is 1.38 bits per heavy atom. The SMILES string of the molecule is C=CCO[C@@H]1[C@H]2CC[C@H]1N(C(=O)Cc1ccc(F)cc1)C2. The molecule has 2 fully saturated rings. The molecule has 0 spiro atoms. The van der Waals surface area contributed by atoms with Crippen LogP contribution in [0, 0.1) is 11.7 Å². The summed E-state index contributed by atoms with van der Waals surface area (Å²) in [4.78, 5) is 14.4. The summed E-state index contributed by atoms with van der Waals surface area (Å²) in [6.07, 6.45) is 4.38. The minimum absolute atomic E-state index is 0.112. The first-order valence-corrected chi connectivity index (χ1v) is 7.45. The zero-order valence-corrected chi connectivity index (χ0v) is 12.0. The second-order valence-corrected chi connectivity index (χ2v) is 5.84. The first kappa shape index (κ1) is 14.3. The molecule has 0 N–H and O–H groups in total. The number of rotatable bonds is 5. The van der Waals surface area contributed by atoms with Gasteiger partial charge in [-0.25, -0.2) is 4.39 Å². The molecule has 1 heterocycles. The molecule has 1 aliphatic heterocycles. The molecule has 2 aliphatic rings. The van der Waals surface area contributed by atoms with Crippen molar-refractivity contribution in [2.45, 2.75) is 31.4 Å². The lowest BCUT2D eigenvalue weighted by Crippen LogP contribution is -2.40. The molecular weight excluding hydrogens is 269 g/mol. The number of carbonyl (C=O) groups excluding carboxylic acids is 1. The molecule has 3 nitrogen and oxygen atoms in total. The maximum Gasteiger partial charge on any atom is 0.227 e. The molecule has 4 heteroatoms. The zero-order chi connectivity index (χ0) is 14.8. The van der Waals surface area contributed by atoms with Gasteiger partial charge in [0.2, 0.25) is 5.91 Å². The van der Waals surface area contributed by atoms with Crippen LogP contribution in [0.3, 0.4) is 0 Å². The lowest BCUT2D eigenvalue weighted by molar-refractivity contribution is -0.132. The average Bonchev–Trinajstić information content (AvgIpc) is 3.04. The van der Waals surface area contributed by atoms with Gasteiger partial charge in [0.25, 0.3) is 0 Å². The number of ether oxygens (including phenoxy) is 1. The highest BCUT2D eigenvalue weighted by molar-refractivity contribution is 5.79. The minimum atomic E-state index is -0.274. The smallest absolute Gasteiger partial charge is 0.227 e. The quantitative estimate of drug-likeness (QED) is 0.780. The Labute approximate surface area is 124 Å². The van der Waals surface area contributed by atoms with E-state index in [1.165, 1.54) is 12.1 Å². The summed E-state index contributed by atoms with van der Waals surface area (Å²) in [5, 5.41) is 0. The highest BCUT2D eigenvalue weighted by Gasteiger charge is 2.49. The number of fused-ring (bicyclic) bond motifs is 2. The highest BCUT2D eigenvalue weighted by atomic mass is 19.1. The summed E-state index contributed by atoms with van der Waals surface area (Å²) in [7, 11) is 0. The van der Waals surface area contributed by atoms with Gasteiger partial charge in [0.15, 0.2) is 0 Å². The fraction of sp³-hybridized carbons (Fsp3) is 0.471. The van der Waals surface area contributed by atoms with E-state index in [4.69, 9.17) is 4.74 Å². The predicted octanol–water partition coefficient (Wildman–Crippen LogP) is 2.56. The first-order chi connectivity index (χ1) is 10.2. The molecular formula is C17H20FNO2. The molecule has 0 radical (unpaired) electrons. The van der Waals surface area contributed by atoms with Crippen LogP contribution in [0.15, 0.2) is 36.9 Å². The maximum atomic E-state index is 12.9. The van der Waals surface area contributed by atoms with Crippen LogP contribution < -0.4 is 0 Å². The van der Waals surface area contributed by atoms with Crippen molar-refractivity contribution in [1.29, 1.82) is 0 Å². The number of likely N-dealkylation sites (tertiary alicyclic amines) is 1. The van der Waals surface area contributed by atoms with E-state index in [-0.39, 0.29) is 23.9 Å². The number of hydrogen-bond donors (Lipinski definition) is 0. The van der Waals surface area contributed by atoms with Crippen LogP contribution in [0.5, 0.6) is 0 Å².